The van der Waals surface area contributed by atoms with Crippen molar-refractivity contribution in [3.63, 3.8) is 0 Å². The number of anilines is 1. The monoisotopic (exact) mass is 494 g/mol. The number of carbonyl (C=O) groups is 3. The summed E-state index contributed by atoms with van der Waals surface area (Å²) in [7, 11) is 0. The van der Waals surface area contributed by atoms with Crippen LogP contribution >= 0.6 is 0 Å². The van der Waals surface area contributed by atoms with Gasteiger partial charge in [0, 0.05) is 11.6 Å². The smallest absolute Gasteiger partial charge is 0.307 e. The zero-order valence-electron chi connectivity index (χ0n) is 22.8. The van der Waals surface area contributed by atoms with Gasteiger partial charge in [-0.05, 0) is 70.1 Å². The van der Waals surface area contributed by atoms with Crippen LogP contribution in [0.4, 0.5) is 5.69 Å². The Labute approximate surface area is 216 Å². The normalized spacial score (nSPS) is 13.4. The number of hydrogen-bond acceptors (Lipinski definition) is 4. The van der Waals surface area contributed by atoms with Crippen LogP contribution in [0.3, 0.4) is 0 Å². The van der Waals surface area contributed by atoms with Gasteiger partial charge in [0.25, 0.3) is 0 Å². The Morgan fingerprint density at radius 1 is 0.861 bits per heavy atom. The van der Waals surface area contributed by atoms with Crippen LogP contribution < -0.4 is 10.6 Å². The van der Waals surface area contributed by atoms with Crippen LogP contribution in [-0.4, -0.2) is 29.4 Å². The Morgan fingerprint density at radius 3 is 2.03 bits per heavy atom. The molecular weight excluding hydrogens is 452 g/mol. The van der Waals surface area contributed by atoms with Crippen LogP contribution in [0.1, 0.15) is 71.9 Å². The molecule has 0 unspecified atom stereocenters. The van der Waals surface area contributed by atoms with E-state index in [0.29, 0.717) is 12.1 Å². The van der Waals surface area contributed by atoms with E-state index >= 15 is 0 Å². The maximum absolute atomic E-state index is 13.4. The molecule has 6 heteroatoms. The lowest BCUT2D eigenvalue weighted by molar-refractivity contribution is -0.157. The van der Waals surface area contributed by atoms with Gasteiger partial charge in [0.2, 0.25) is 11.8 Å². The minimum absolute atomic E-state index is 0.0334. The minimum Gasteiger partial charge on any atom is -0.460 e. The number of benzene rings is 2. The van der Waals surface area contributed by atoms with Crippen LogP contribution in [0, 0.1) is 18.3 Å². The Kier molecular flexibility index (Phi) is 10.3. The molecule has 0 aliphatic carbocycles. The van der Waals surface area contributed by atoms with E-state index in [-0.39, 0.29) is 18.2 Å². The van der Waals surface area contributed by atoms with Crippen molar-refractivity contribution in [3.8, 4) is 0 Å². The molecule has 2 atom stereocenters. The van der Waals surface area contributed by atoms with E-state index in [9.17, 15) is 14.4 Å². The molecule has 0 saturated carbocycles. The molecular formula is C30H42N2O4. The predicted molar refractivity (Wildman–Crippen MR) is 145 cm³/mol. The zero-order valence-corrected chi connectivity index (χ0v) is 22.8. The Hall–Kier alpha value is -3.15. The fourth-order valence-electron chi connectivity index (χ4n) is 3.89. The molecule has 0 aliphatic rings. The second kappa shape index (κ2) is 12.7. The van der Waals surface area contributed by atoms with Crippen molar-refractivity contribution in [2.75, 3.05) is 5.32 Å². The Balaban J connectivity index is 2.14. The predicted octanol–water partition coefficient (Wildman–Crippen LogP) is 5.84. The van der Waals surface area contributed by atoms with Crippen LogP contribution in [0.2, 0.25) is 0 Å². The number of ether oxygens (including phenoxy) is 1. The number of esters is 1. The lowest BCUT2D eigenvalue weighted by atomic mass is 9.85. The SMILES string of the molecule is Cc1ccc(NC(=O)[C@@H](NC(=O)[C@H](CCCc2ccccc2)CC(=O)OC(C)(C)C)C(C)(C)C)cc1. The number of amides is 2. The third-order valence-electron chi connectivity index (χ3n) is 5.80. The molecule has 2 rings (SSSR count). The lowest BCUT2D eigenvalue weighted by Gasteiger charge is -2.32. The second-order valence-corrected chi connectivity index (χ2v) is 11.5. The van der Waals surface area contributed by atoms with Crippen LogP contribution in [-0.2, 0) is 25.5 Å². The van der Waals surface area contributed by atoms with E-state index in [1.807, 2.05) is 82.3 Å². The molecule has 0 aromatic heterocycles. The van der Waals surface area contributed by atoms with Gasteiger partial charge >= 0.3 is 5.97 Å². The first-order valence-electron chi connectivity index (χ1n) is 12.7. The molecule has 2 N–H and O–H groups in total. The van der Waals surface area contributed by atoms with Crippen molar-refractivity contribution in [1.29, 1.82) is 0 Å². The summed E-state index contributed by atoms with van der Waals surface area (Å²) in [5.41, 5.74) is 1.77. The fourth-order valence-corrected chi connectivity index (χ4v) is 3.89. The standard InChI is InChI=1S/C30H42N2O4/c1-21-16-18-24(19-17-21)31-28(35)26(29(2,3)4)32-27(34)23(20-25(33)36-30(5,6)7)15-11-14-22-12-9-8-10-13-22/h8-10,12-13,16-19,23,26H,11,14-15,20H2,1-7H3,(H,31,35)(H,32,34)/t23-,26-/m1/s1. The van der Waals surface area contributed by atoms with Gasteiger partial charge in [0.05, 0.1) is 6.42 Å². The van der Waals surface area contributed by atoms with Crippen LogP contribution in [0.15, 0.2) is 54.6 Å². The highest BCUT2D eigenvalue weighted by Crippen LogP contribution is 2.24. The third kappa shape index (κ3) is 10.2. The number of rotatable bonds is 10. The molecule has 2 aromatic carbocycles. The highest BCUT2D eigenvalue weighted by Gasteiger charge is 2.35. The molecule has 0 saturated heterocycles. The highest BCUT2D eigenvalue weighted by atomic mass is 16.6. The zero-order chi connectivity index (χ0) is 26.9. The molecule has 196 valence electrons. The number of aryl methyl sites for hydroxylation is 2. The summed E-state index contributed by atoms with van der Waals surface area (Å²) in [4.78, 5) is 39.3. The summed E-state index contributed by atoms with van der Waals surface area (Å²) in [5, 5.41) is 5.86. The van der Waals surface area contributed by atoms with Gasteiger partial charge in [0.15, 0.2) is 0 Å². The van der Waals surface area contributed by atoms with Gasteiger partial charge in [-0.2, -0.15) is 0 Å². The first-order valence-corrected chi connectivity index (χ1v) is 12.7. The van der Waals surface area contributed by atoms with E-state index in [2.05, 4.69) is 10.6 Å². The van der Waals surface area contributed by atoms with Gasteiger partial charge in [-0.1, -0.05) is 68.8 Å². The molecule has 0 heterocycles. The largest absolute Gasteiger partial charge is 0.460 e. The molecule has 0 spiro atoms. The van der Waals surface area contributed by atoms with Crippen molar-refractivity contribution < 1.29 is 19.1 Å². The summed E-state index contributed by atoms with van der Waals surface area (Å²) in [5.74, 6) is -1.62. The number of carbonyl (C=O) groups excluding carboxylic acids is 3. The van der Waals surface area contributed by atoms with Crippen molar-refractivity contribution in [3.05, 3.63) is 65.7 Å². The average Bonchev–Trinajstić information content (AvgIpc) is 2.76. The quantitative estimate of drug-likeness (QED) is 0.407. The van der Waals surface area contributed by atoms with Gasteiger partial charge in [-0.3, -0.25) is 14.4 Å². The fraction of sp³-hybridized carbons (Fsp3) is 0.500. The van der Waals surface area contributed by atoms with Gasteiger partial charge < -0.3 is 15.4 Å². The molecule has 0 bridgehead atoms. The molecule has 36 heavy (non-hydrogen) atoms. The first-order chi connectivity index (χ1) is 16.7. The Bertz CT molecular complexity index is 1000. The van der Waals surface area contributed by atoms with Gasteiger partial charge in [0.1, 0.15) is 11.6 Å². The van der Waals surface area contributed by atoms with Crippen LogP contribution in [0.5, 0.6) is 0 Å². The second-order valence-electron chi connectivity index (χ2n) is 11.5. The topological polar surface area (TPSA) is 84.5 Å². The lowest BCUT2D eigenvalue weighted by Crippen LogP contribution is -2.53. The molecule has 0 aliphatic heterocycles. The van der Waals surface area contributed by atoms with Crippen molar-refractivity contribution >= 4 is 23.5 Å². The summed E-state index contributed by atoms with van der Waals surface area (Å²) < 4.78 is 5.49. The molecule has 0 radical (unpaired) electrons. The van der Waals surface area contributed by atoms with Crippen molar-refractivity contribution in [2.45, 2.75) is 85.8 Å². The molecule has 0 fully saturated rings. The van der Waals surface area contributed by atoms with Gasteiger partial charge in [-0.25, -0.2) is 0 Å². The third-order valence-corrected chi connectivity index (χ3v) is 5.80. The molecule has 2 aromatic rings. The maximum atomic E-state index is 13.4. The average molecular weight is 495 g/mol. The maximum Gasteiger partial charge on any atom is 0.307 e. The van der Waals surface area contributed by atoms with Crippen molar-refractivity contribution in [1.82, 2.24) is 5.32 Å². The highest BCUT2D eigenvalue weighted by molar-refractivity contribution is 5.98. The number of hydrogen-bond donors (Lipinski definition) is 2. The summed E-state index contributed by atoms with van der Waals surface area (Å²) in [6.45, 7) is 13.1. The van der Waals surface area contributed by atoms with E-state index in [4.69, 9.17) is 4.74 Å². The van der Waals surface area contributed by atoms with E-state index in [1.54, 1.807) is 20.8 Å². The molecule has 6 nitrogen and oxygen atoms in total. The van der Waals surface area contributed by atoms with Crippen LogP contribution in [0.25, 0.3) is 0 Å². The summed E-state index contributed by atoms with van der Waals surface area (Å²) >= 11 is 0. The minimum atomic E-state index is -0.776. The Morgan fingerprint density at radius 2 is 1.47 bits per heavy atom. The first kappa shape index (κ1) is 29.1. The van der Waals surface area contributed by atoms with E-state index < -0.39 is 28.9 Å². The van der Waals surface area contributed by atoms with Gasteiger partial charge in [-0.15, -0.1) is 0 Å². The van der Waals surface area contributed by atoms with E-state index in [0.717, 1.165) is 18.4 Å². The summed E-state index contributed by atoms with van der Waals surface area (Å²) in [6, 6.07) is 16.8. The van der Waals surface area contributed by atoms with Crippen molar-refractivity contribution in [2.24, 2.45) is 11.3 Å². The number of nitrogens with one attached hydrogen (secondary N) is 2. The summed E-state index contributed by atoms with van der Waals surface area (Å²) in [6.07, 6.45) is 2.01. The van der Waals surface area contributed by atoms with E-state index in [1.165, 1.54) is 5.56 Å². The molecule has 2 amide bonds.